The summed E-state index contributed by atoms with van der Waals surface area (Å²) in [6.07, 6.45) is 2.15. The molecule has 0 saturated heterocycles. The molecule has 0 fully saturated rings. The SMILES string of the molecule is COC(=O)c1cc(CC(C)N)c2occc2c1Cl.O=C(O)C(=O)O. The minimum absolute atomic E-state index is 0.0371. The smallest absolute Gasteiger partial charge is 0.414 e. The van der Waals surface area contributed by atoms with Crippen molar-refractivity contribution in [1.82, 2.24) is 0 Å². The van der Waals surface area contributed by atoms with Crippen molar-refractivity contribution >= 4 is 40.5 Å². The number of fused-ring (bicyclic) bond motifs is 1. The molecule has 1 aromatic carbocycles. The van der Waals surface area contributed by atoms with Crippen LogP contribution in [-0.4, -0.2) is 41.3 Å². The second-order valence-electron chi connectivity index (χ2n) is 4.84. The van der Waals surface area contributed by atoms with E-state index in [1.54, 1.807) is 18.4 Å². The van der Waals surface area contributed by atoms with Crippen molar-refractivity contribution in [3.8, 4) is 0 Å². The van der Waals surface area contributed by atoms with Crippen molar-refractivity contribution in [2.24, 2.45) is 5.73 Å². The molecule has 1 heterocycles. The Kier molecular flexibility index (Phi) is 6.75. The van der Waals surface area contributed by atoms with Gasteiger partial charge in [0.05, 0.1) is 24.0 Å². The number of hydrogen-bond donors (Lipinski definition) is 3. The standard InChI is InChI=1S/C13H14ClNO3.C2H2O4/c1-7(15)5-8-6-10(13(16)17-2)11(14)9-3-4-18-12(8)9;3-1(4)2(5)6/h3-4,6-7H,5,15H2,1-2H3;(H,3,4)(H,5,6). The summed E-state index contributed by atoms with van der Waals surface area (Å²) in [5.41, 5.74) is 7.65. The lowest BCUT2D eigenvalue weighted by molar-refractivity contribution is -0.159. The minimum Gasteiger partial charge on any atom is -0.473 e. The Balaban J connectivity index is 0.000000413. The summed E-state index contributed by atoms with van der Waals surface area (Å²) in [6, 6.07) is 3.38. The van der Waals surface area contributed by atoms with Gasteiger partial charge in [-0.25, -0.2) is 14.4 Å². The summed E-state index contributed by atoms with van der Waals surface area (Å²) < 4.78 is 10.1. The third-order valence-electron chi connectivity index (χ3n) is 2.88. The average molecular weight is 358 g/mol. The number of furan rings is 1. The third-order valence-corrected chi connectivity index (χ3v) is 3.29. The number of carbonyl (C=O) groups is 3. The number of carboxylic acids is 2. The van der Waals surface area contributed by atoms with Gasteiger partial charge in [-0.1, -0.05) is 11.6 Å². The van der Waals surface area contributed by atoms with E-state index in [1.165, 1.54) is 7.11 Å². The van der Waals surface area contributed by atoms with E-state index in [4.69, 9.17) is 46.3 Å². The normalized spacial score (nSPS) is 11.3. The highest BCUT2D eigenvalue weighted by Crippen LogP contribution is 2.32. The number of aliphatic carboxylic acids is 2. The van der Waals surface area contributed by atoms with Crippen LogP contribution in [0.3, 0.4) is 0 Å². The topological polar surface area (TPSA) is 140 Å². The second-order valence-corrected chi connectivity index (χ2v) is 5.22. The molecule has 2 aromatic rings. The Morgan fingerprint density at radius 2 is 1.92 bits per heavy atom. The highest BCUT2D eigenvalue weighted by Gasteiger charge is 2.19. The van der Waals surface area contributed by atoms with E-state index in [0.717, 1.165) is 5.56 Å². The van der Waals surface area contributed by atoms with Crippen LogP contribution in [0.1, 0.15) is 22.8 Å². The molecule has 0 aliphatic rings. The number of halogens is 1. The highest BCUT2D eigenvalue weighted by molar-refractivity contribution is 6.38. The fourth-order valence-corrected chi connectivity index (χ4v) is 2.22. The number of carboxylic acid groups (broad SMARTS) is 2. The quantitative estimate of drug-likeness (QED) is 0.559. The molecule has 0 aliphatic carbocycles. The molecule has 0 saturated carbocycles. The Labute approximate surface area is 141 Å². The van der Waals surface area contributed by atoms with Crippen molar-refractivity contribution in [2.45, 2.75) is 19.4 Å². The van der Waals surface area contributed by atoms with Crippen LogP contribution in [0, 0.1) is 0 Å². The average Bonchev–Trinajstić information content (AvgIpc) is 2.99. The summed E-state index contributed by atoms with van der Waals surface area (Å²) in [6.45, 7) is 1.89. The molecule has 2 rings (SSSR count). The number of rotatable bonds is 3. The van der Waals surface area contributed by atoms with Crippen LogP contribution >= 0.6 is 11.6 Å². The van der Waals surface area contributed by atoms with Gasteiger partial charge in [0, 0.05) is 11.4 Å². The van der Waals surface area contributed by atoms with Crippen LogP contribution in [0.5, 0.6) is 0 Å². The predicted molar refractivity (Wildman–Crippen MR) is 85.2 cm³/mol. The Bertz CT molecular complexity index is 755. The summed E-state index contributed by atoms with van der Waals surface area (Å²) in [7, 11) is 1.32. The van der Waals surface area contributed by atoms with Crippen LogP contribution < -0.4 is 5.73 Å². The molecule has 1 unspecified atom stereocenters. The Morgan fingerprint density at radius 1 is 1.33 bits per heavy atom. The molecule has 1 aromatic heterocycles. The number of carbonyl (C=O) groups excluding carboxylic acids is 1. The van der Waals surface area contributed by atoms with Crippen LogP contribution in [-0.2, 0) is 20.7 Å². The first-order valence-electron chi connectivity index (χ1n) is 6.67. The van der Waals surface area contributed by atoms with Crippen molar-refractivity contribution in [3.63, 3.8) is 0 Å². The van der Waals surface area contributed by atoms with Crippen LogP contribution in [0.4, 0.5) is 0 Å². The highest BCUT2D eigenvalue weighted by atomic mass is 35.5. The van der Waals surface area contributed by atoms with E-state index >= 15 is 0 Å². The molecular weight excluding hydrogens is 342 g/mol. The van der Waals surface area contributed by atoms with E-state index in [2.05, 4.69) is 0 Å². The molecule has 0 aliphatic heterocycles. The van der Waals surface area contributed by atoms with Gasteiger partial charge < -0.3 is 25.1 Å². The summed E-state index contributed by atoms with van der Waals surface area (Å²) in [5, 5.41) is 15.8. The Morgan fingerprint density at radius 3 is 2.38 bits per heavy atom. The maximum atomic E-state index is 11.7. The van der Waals surface area contributed by atoms with Crippen molar-refractivity contribution in [2.75, 3.05) is 7.11 Å². The number of nitrogens with two attached hydrogens (primary N) is 1. The van der Waals surface area contributed by atoms with E-state index in [0.29, 0.717) is 28.0 Å². The first-order valence-corrected chi connectivity index (χ1v) is 7.05. The number of esters is 1. The summed E-state index contributed by atoms with van der Waals surface area (Å²) in [5.74, 6) is -4.11. The predicted octanol–water partition coefficient (Wildman–Crippen LogP) is 1.92. The lowest BCUT2D eigenvalue weighted by Crippen LogP contribution is -2.18. The minimum atomic E-state index is -1.82. The van der Waals surface area contributed by atoms with Gasteiger partial charge in [-0.3, -0.25) is 0 Å². The van der Waals surface area contributed by atoms with Gasteiger partial charge in [0.2, 0.25) is 0 Å². The molecule has 24 heavy (non-hydrogen) atoms. The summed E-state index contributed by atoms with van der Waals surface area (Å²) in [4.78, 5) is 29.9. The lowest BCUT2D eigenvalue weighted by Gasteiger charge is -2.10. The van der Waals surface area contributed by atoms with Gasteiger partial charge in [-0.05, 0) is 31.0 Å². The van der Waals surface area contributed by atoms with Crippen molar-refractivity contribution < 1.29 is 33.8 Å². The fraction of sp³-hybridized carbons (Fsp3) is 0.267. The largest absolute Gasteiger partial charge is 0.473 e. The van der Waals surface area contributed by atoms with E-state index in [1.807, 2.05) is 6.92 Å². The second kappa shape index (κ2) is 8.32. The molecule has 0 amide bonds. The number of methoxy groups -OCH3 is 1. The van der Waals surface area contributed by atoms with Gasteiger partial charge in [0.15, 0.2) is 0 Å². The molecule has 4 N–H and O–H groups in total. The monoisotopic (exact) mass is 357 g/mol. The van der Waals surface area contributed by atoms with Crippen LogP contribution in [0.2, 0.25) is 5.02 Å². The van der Waals surface area contributed by atoms with Gasteiger partial charge >= 0.3 is 17.9 Å². The number of ether oxygens (including phenoxy) is 1. The maximum Gasteiger partial charge on any atom is 0.414 e. The van der Waals surface area contributed by atoms with Crippen molar-refractivity contribution in [3.05, 3.63) is 34.5 Å². The van der Waals surface area contributed by atoms with E-state index < -0.39 is 17.9 Å². The zero-order valence-electron chi connectivity index (χ0n) is 12.9. The van der Waals surface area contributed by atoms with Crippen LogP contribution in [0.15, 0.2) is 22.8 Å². The number of benzene rings is 1. The molecule has 130 valence electrons. The van der Waals surface area contributed by atoms with E-state index in [-0.39, 0.29) is 6.04 Å². The van der Waals surface area contributed by atoms with Gasteiger partial charge in [0.1, 0.15) is 5.58 Å². The van der Waals surface area contributed by atoms with Crippen molar-refractivity contribution in [1.29, 1.82) is 0 Å². The van der Waals surface area contributed by atoms with Gasteiger partial charge in [-0.2, -0.15) is 0 Å². The molecule has 9 heteroatoms. The third kappa shape index (κ3) is 4.71. The molecule has 0 radical (unpaired) electrons. The van der Waals surface area contributed by atoms with Gasteiger partial charge in [-0.15, -0.1) is 0 Å². The number of hydrogen-bond acceptors (Lipinski definition) is 6. The molecule has 0 bridgehead atoms. The zero-order valence-corrected chi connectivity index (χ0v) is 13.7. The molecule has 8 nitrogen and oxygen atoms in total. The zero-order chi connectivity index (χ0) is 18.4. The molecule has 1 atom stereocenters. The maximum absolute atomic E-state index is 11.7. The lowest BCUT2D eigenvalue weighted by atomic mass is 10.0. The fourth-order valence-electron chi connectivity index (χ4n) is 1.94. The summed E-state index contributed by atoms with van der Waals surface area (Å²) >= 11 is 6.17. The molecular formula is C15H16ClNO7. The Hall–Kier alpha value is -2.58. The first-order chi connectivity index (χ1) is 11.2. The first kappa shape index (κ1) is 19.5. The van der Waals surface area contributed by atoms with Crippen LogP contribution in [0.25, 0.3) is 11.0 Å². The van der Waals surface area contributed by atoms with E-state index in [9.17, 15) is 4.79 Å². The van der Waals surface area contributed by atoms with Gasteiger partial charge in [0.25, 0.3) is 0 Å². The molecule has 0 spiro atoms.